The molecule has 0 spiro atoms. The number of likely N-dealkylation sites (N-methyl/N-ethyl adjacent to an activating group) is 1. The zero-order chi connectivity index (χ0) is 16.4. The number of carbonyl (C=O) groups is 1. The Hall–Kier alpha value is -1.59. The predicted molar refractivity (Wildman–Crippen MR) is 89.8 cm³/mol. The number of amides is 1. The molecule has 2 aliphatic rings. The van der Waals surface area contributed by atoms with E-state index in [-0.39, 0.29) is 12.5 Å². The predicted octanol–water partition coefficient (Wildman–Crippen LogP) is 2.20. The molecule has 0 aliphatic carbocycles. The summed E-state index contributed by atoms with van der Waals surface area (Å²) in [5.41, 5.74) is 1.59. The molecule has 0 bridgehead atoms. The quantitative estimate of drug-likeness (QED) is 0.925. The standard InChI is InChI=1S/C18H26N2O3/c1-13-4-3-8-20(11-13)9-7-16(21)14-5-6-17-15(10-14)19(2)18(22)12-23-17/h5-6,10,13,16,21H,3-4,7-9,11-12H2,1-2H3. The van der Waals surface area contributed by atoms with Crippen LogP contribution in [0.5, 0.6) is 5.75 Å². The molecule has 1 aromatic rings. The third-order valence-electron chi connectivity index (χ3n) is 4.91. The van der Waals surface area contributed by atoms with Gasteiger partial charge in [-0.3, -0.25) is 4.79 Å². The van der Waals surface area contributed by atoms with Crippen LogP contribution in [0.1, 0.15) is 37.9 Å². The van der Waals surface area contributed by atoms with Crippen molar-refractivity contribution in [2.24, 2.45) is 5.92 Å². The zero-order valence-electron chi connectivity index (χ0n) is 14.0. The molecule has 3 rings (SSSR count). The van der Waals surface area contributed by atoms with Crippen LogP contribution in [-0.2, 0) is 4.79 Å². The van der Waals surface area contributed by atoms with Gasteiger partial charge in [-0.25, -0.2) is 0 Å². The molecule has 0 aromatic heterocycles. The minimum absolute atomic E-state index is 0.0635. The fourth-order valence-corrected chi connectivity index (χ4v) is 3.46. The highest BCUT2D eigenvalue weighted by molar-refractivity contribution is 5.97. The van der Waals surface area contributed by atoms with E-state index in [1.54, 1.807) is 11.9 Å². The topological polar surface area (TPSA) is 53.0 Å². The van der Waals surface area contributed by atoms with Crippen molar-refractivity contribution in [3.63, 3.8) is 0 Å². The molecule has 1 N–H and O–H groups in total. The van der Waals surface area contributed by atoms with Gasteiger partial charge < -0.3 is 19.6 Å². The number of likely N-dealkylation sites (tertiary alicyclic amines) is 1. The van der Waals surface area contributed by atoms with Crippen LogP contribution >= 0.6 is 0 Å². The van der Waals surface area contributed by atoms with Crippen molar-refractivity contribution >= 4 is 11.6 Å². The number of hydrogen-bond donors (Lipinski definition) is 1. The van der Waals surface area contributed by atoms with Crippen LogP contribution in [0, 0.1) is 5.92 Å². The first kappa shape index (κ1) is 16.3. The van der Waals surface area contributed by atoms with Crippen molar-refractivity contribution in [1.82, 2.24) is 4.90 Å². The lowest BCUT2D eigenvalue weighted by Gasteiger charge is -2.31. The normalized spacial score (nSPS) is 23.3. The number of fused-ring (bicyclic) bond motifs is 1. The summed E-state index contributed by atoms with van der Waals surface area (Å²) in [6.45, 7) is 5.54. The molecule has 23 heavy (non-hydrogen) atoms. The number of anilines is 1. The summed E-state index contributed by atoms with van der Waals surface area (Å²) in [5.74, 6) is 1.39. The van der Waals surface area contributed by atoms with E-state index >= 15 is 0 Å². The Morgan fingerprint density at radius 3 is 3.04 bits per heavy atom. The van der Waals surface area contributed by atoms with Gasteiger partial charge in [0.05, 0.1) is 11.8 Å². The third-order valence-corrected chi connectivity index (χ3v) is 4.91. The highest BCUT2D eigenvalue weighted by Gasteiger charge is 2.24. The lowest BCUT2D eigenvalue weighted by atomic mass is 9.99. The fourth-order valence-electron chi connectivity index (χ4n) is 3.46. The molecule has 1 saturated heterocycles. The summed E-state index contributed by atoms with van der Waals surface area (Å²) in [5, 5.41) is 10.5. The first-order valence-corrected chi connectivity index (χ1v) is 8.48. The second-order valence-corrected chi connectivity index (χ2v) is 6.82. The van der Waals surface area contributed by atoms with Crippen LogP contribution in [0.4, 0.5) is 5.69 Å². The minimum atomic E-state index is -0.511. The molecule has 0 saturated carbocycles. The number of nitrogens with zero attached hydrogens (tertiary/aromatic N) is 2. The van der Waals surface area contributed by atoms with Crippen LogP contribution in [0.3, 0.4) is 0 Å². The molecule has 1 fully saturated rings. The average Bonchev–Trinajstić information content (AvgIpc) is 2.56. The molecule has 1 amide bonds. The van der Waals surface area contributed by atoms with Crippen LogP contribution in [0.2, 0.25) is 0 Å². The number of benzene rings is 1. The second kappa shape index (κ2) is 6.89. The SMILES string of the molecule is CC1CCCN(CCC(O)c2ccc3c(c2)N(C)C(=O)CO3)C1. The summed E-state index contributed by atoms with van der Waals surface area (Å²) in [6, 6.07) is 5.61. The van der Waals surface area contributed by atoms with Gasteiger partial charge >= 0.3 is 0 Å². The Labute approximate surface area is 137 Å². The van der Waals surface area contributed by atoms with E-state index in [9.17, 15) is 9.90 Å². The fraction of sp³-hybridized carbons (Fsp3) is 0.611. The van der Waals surface area contributed by atoms with Gasteiger partial charge in [0.15, 0.2) is 6.61 Å². The maximum atomic E-state index is 11.7. The van der Waals surface area contributed by atoms with Gasteiger partial charge in [-0.05, 0) is 49.4 Å². The van der Waals surface area contributed by atoms with E-state index in [0.29, 0.717) is 12.2 Å². The van der Waals surface area contributed by atoms with Crippen molar-refractivity contribution in [3.05, 3.63) is 23.8 Å². The first-order chi connectivity index (χ1) is 11.0. The number of aliphatic hydroxyl groups excluding tert-OH is 1. The molecule has 2 heterocycles. The molecular weight excluding hydrogens is 292 g/mol. The molecule has 2 unspecified atom stereocenters. The Balaban J connectivity index is 1.63. The minimum Gasteiger partial charge on any atom is -0.482 e. The van der Waals surface area contributed by atoms with Gasteiger partial charge in [-0.15, -0.1) is 0 Å². The Kier molecular flexibility index (Phi) is 4.87. The van der Waals surface area contributed by atoms with Crippen LogP contribution in [0.15, 0.2) is 18.2 Å². The summed E-state index contributed by atoms with van der Waals surface area (Å²) in [7, 11) is 1.75. The van der Waals surface area contributed by atoms with Gasteiger partial charge in [0, 0.05) is 20.1 Å². The summed E-state index contributed by atoms with van der Waals surface area (Å²) < 4.78 is 5.43. The van der Waals surface area contributed by atoms with E-state index in [0.717, 1.165) is 36.8 Å². The van der Waals surface area contributed by atoms with E-state index in [1.165, 1.54) is 12.8 Å². The van der Waals surface area contributed by atoms with Gasteiger partial charge in [-0.1, -0.05) is 13.0 Å². The van der Waals surface area contributed by atoms with Gasteiger partial charge in [0.2, 0.25) is 0 Å². The van der Waals surface area contributed by atoms with Gasteiger partial charge in [0.25, 0.3) is 5.91 Å². The Morgan fingerprint density at radius 1 is 1.43 bits per heavy atom. The lowest BCUT2D eigenvalue weighted by molar-refractivity contribution is -0.120. The van der Waals surface area contributed by atoms with Crippen molar-refractivity contribution in [2.75, 3.05) is 38.2 Å². The van der Waals surface area contributed by atoms with E-state index < -0.39 is 6.10 Å². The van der Waals surface area contributed by atoms with Crippen molar-refractivity contribution in [1.29, 1.82) is 0 Å². The van der Waals surface area contributed by atoms with E-state index in [1.807, 2.05) is 18.2 Å². The first-order valence-electron chi connectivity index (χ1n) is 8.48. The van der Waals surface area contributed by atoms with Gasteiger partial charge in [0.1, 0.15) is 5.75 Å². The second-order valence-electron chi connectivity index (χ2n) is 6.82. The van der Waals surface area contributed by atoms with Crippen LogP contribution < -0.4 is 9.64 Å². The molecule has 1 aromatic carbocycles. The van der Waals surface area contributed by atoms with Crippen molar-refractivity contribution < 1.29 is 14.6 Å². The summed E-state index contributed by atoms with van der Waals surface area (Å²) in [4.78, 5) is 15.8. The third kappa shape index (κ3) is 3.67. The molecule has 5 nitrogen and oxygen atoms in total. The summed E-state index contributed by atoms with van der Waals surface area (Å²) >= 11 is 0. The molecule has 126 valence electrons. The Bertz CT molecular complexity index is 575. The molecule has 2 aliphatic heterocycles. The largest absolute Gasteiger partial charge is 0.482 e. The number of piperidine rings is 1. The van der Waals surface area contributed by atoms with Crippen LogP contribution in [0.25, 0.3) is 0 Å². The maximum absolute atomic E-state index is 11.7. The smallest absolute Gasteiger partial charge is 0.264 e. The number of carbonyl (C=O) groups excluding carboxylic acids is 1. The zero-order valence-corrected chi connectivity index (χ0v) is 14.0. The van der Waals surface area contributed by atoms with E-state index in [2.05, 4.69) is 11.8 Å². The maximum Gasteiger partial charge on any atom is 0.264 e. The van der Waals surface area contributed by atoms with Crippen molar-refractivity contribution in [3.8, 4) is 5.75 Å². The molecule has 5 heteroatoms. The summed E-state index contributed by atoms with van der Waals surface area (Å²) in [6.07, 6.45) is 2.76. The molecule has 0 radical (unpaired) electrons. The Morgan fingerprint density at radius 2 is 2.26 bits per heavy atom. The number of ether oxygens (including phenoxy) is 1. The molecular formula is C18H26N2O3. The highest BCUT2D eigenvalue weighted by atomic mass is 16.5. The van der Waals surface area contributed by atoms with Crippen molar-refractivity contribution in [2.45, 2.75) is 32.3 Å². The van der Waals surface area contributed by atoms with Gasteiger partial charge in [-0.2, -0.15) is 0 Å². The number of aliphatic hydroxyl groups is 1. The highest BCUT2D eigenvalue weighted by Crippen LogP contribution is 2.34. The van der Waals surface area contributed by atoms with Crippen LogP contribution in [-0.4, -0.2) is 49.2 Å². The number of hydrogen-bond acceptors (Lipinski definition) is 4. The monoisotopic (exact) mass is 318 g/mol. The molecule has 2 atom stereocenters. The lowest BCUT2D eigenvalue weighted by Crippen LogP contribution is -2.36. The number of rotatable bonds is 4. The average molecular weight is 318 g/mol. The van der Waals surface area contributed by atoms with E-state index in [4.69, 9.17) is 4.74 Å².